The average Bonchev–Trinajstić information content (AvgIpc) is 3.21. The first-order chi connectivity index (χ1) is 9.10. The lowest BCUT2D eigenvalue weighted by atomic mass is 10.0. The van der Waals surface area contributed by atoms with Gasteiger partial charge in [0, 0.05) is 25.2 Å². The number of aryl methyl sites for hydroxylation is 1. The third-order valence-electron chi connectivity index (χ3n) is 3.91. The van der Waals surface area contributed by atoms with E-state index in [4.69, 9.17) is 5.73 Å². The molecule has 1 aromatic carbocycles. The molecule has 1 unspecified atom stereocenters. The molecule has 0 spiro atoms. The Bertz CT molecular complexity index is 379. The third kappa shape index (κ3) is 4.32. The summed E-state index contributed by atoms with van der Waals surface area (Å²) >= 11 is 0. The van der Waals surface area contributed by atoms with Gasteiger partial charge in [-0.3, -0.25) is 4.90 Å². The molecule has 0 bridgehead atoms. The summed E-state index contributed by atoms with van der Waals surface area (Å²) < 4.78 is 0. The standard InChI is InChI=1S/C17H28N2/c1-4-14-5-7-15(8-6-14)17(18)12-19(11-13(2)3)16-9-10-16/h5-8,13,16-17H,4,9-12,18H2,1-3H3. The lowest BCUT2D eigenvalue weighted by Gasteiger charge is -2.27. The molecule has 106 valence electrons. The van der Waals surface area contributed by atoms with Gasteiger partial charge in [-0.2, -0.15) is 0 Å². The van der Waals surface area contributed by atoms with Crippen molar-refractivity contribution in [2.24, 2.45) is 11.7 Å². The maximum absolute atomic E-state index is 6.39. The fraction of sp³-hybridized carbons (Fsp3) is 0.647. The molecule has 0 aliphatic heterocycles. The van der Waals surface area contributed by atoms with E-state index >= 15 is 0 Å². The van der Waals surface area contributed by atoms with Crippen LogP contribution in [0.5, 0.6) is 0 Å². The highest BCUT2D eigenvalue weighted by atomic mass is 15.2. The van der Waals surface area contributed by atoms with E-state index < -0.39 is 0 Å². The van der Waals surface area contributed by atoms with Gasteiger partial charge in [0.05, 0.1) is 0 Å². The van der Waals surface area contributed by atoms with Crippen molar-refractivity contribution in [2.45, 2.75) is 52.1 Å². The van der Waals surface area contributed by atoms with Crippen molar-refractivity contribution in [1.82, 2.24) is 4.90 Å². The molecule has 2 N–H and O–H groups in total. The van der Waals surface area contributed by atoms with Crippen LogP contribution in [0.1, 0.15) is 50.8 Å². The van der Waals surface area contributed by atoms with Crippen molar-refractivity contribution in [3.63, 3.8) is 0 Å². The van der Waals surface area contributed by atoms with Crippen molar-refractivity contribution in [3.05, 3.63) is 35.4 Å². The Balaban J connectivity index is 1.95. The highest BCUT2D eigenvalue weighted by Crippen LogP contribution is 2.29. The zero-order valence-electron chi connectivity index (χ0n) is 12.6. The summed E-state index contributed by atoms with van der Waals surface area (Å²) in [5.74, 6) is 0.718. The zero-order chi connectivity index (χ0) is 13.8. The molecule has 2 heteroatoms. The van der Waals surface area contributed by atoms with Crippen LogP contribution < -0.4 is 5.73 Å². The zero-order valence-corrected chi connectivity index (χ0v) is 12.6. The summed E-state index contributed by atoms with van der Waals surface area (Å²) in [7, 11) is 0. The lowest BCUT2D eigenvalue weighted by Crippen LogP contribution is -2.36. The molecule has 0 aromatic heterocycles. The predicted octanol–water partition coefficient (Wildman–Crippen LogP) is 3.37. The molecule has 1 atom stereocenters. The maximum Gasteiger partial charge on any atom is 0.0424 e. The topological polar surface area (TPSA) is 29.3 Å². The van der Waals surface area contributed by atoms with E-state index in [1.54, 1.807) is 0 Å². The summed E-state index contributed by atoms with van der Waals surface area (Å²) in [4.78, 5) is 2.59. The van der Waals surface area contributed by atoms with E-state index in [0.717, 1.165) is 24.9 Å². The highest BCUT2D eigenvalue weighted by molar-refractivity contribution is 5.25. The third-order valence-corrected chi connectivity index (χ3v) is 3.91. The fourth-order valence-corrected chi connectivity index (χ4v) is 2.64. The Morgan fingerprint density at radius 1 is 1.16 bits per heavy atom. The van der Waals surface area contributed by atoms with Gasteiger partial charge >= 0.3 is 0 Å². The highest BCUT2D eigenvalue weighted by Gasteiger charge is 2.30. The Labute approximate surface area is 118 Å². The number of hydrogen-bond donors (Lipinski definition) is 1. The van der Waals surface area contributed by atoms with Gasteiger partial charge < -0.3 is 5.73 Å². The molecule has 0 heterocycles. The molecule has 1 aliphatic carbocycles. The molecular weight excluding hydrogens is 232 g/mol. The smallest absolute Gasteiger partial charge is 0.0424 e. The number of hydrogen-bond acceptors (Lipinski definition) is 2. The van der Waals surface area contributed by atoms with Gasteiger partial charge in [-0.15, -0.1) is 0 Å². The Hall–Kier alpha value is -0.860. The quantitative estimate of drug-likeness (QED) is 0.814. The normalized spacial score (nSPS) is 17.2. The molecule has 2 nitrogen and oxygen atoms in total. The Kier molecular flexibility index (Phi) is 5.00. The second kappa shape index (κ2) is 6.53. The maximum atomic E-state index is 6.39. The van der Waals surface area contributed by atoms with Crippen LogP contribution in [0.4, 0.5) is 0 Å². The van der Waals surface area contributed by atoms with Crippen LogP contribution in [0.15, 0.2) is 24.3 Å². The first kappa shape index (κ1) is 14.5. The van der Waals surface area contributed by atoms with Gasteiger partial charge in [-0.1, -0.05) is 45.0 Å². The second-order valence-electron chi connectivity index (χ2n) is 6.28. The minimum Gasteiger partial charge on any atom is -0.323 e. The van der Waals surface area contributed by atoms with E-state index in [1.165, 1.54) is 30.5 Å². The van der Waals surface area contributed by atoms with Crippen LogP contribution in [-0.4, -0.2) is 24.0 Å². The molecule has 1 aromatic rings. The van der Waals surface area contributed by atoms with Crippen molar-refractivity contribution in [2.75, 3.05) is 13.1 Å². The van der Waals surface area contributed by atoms with Gasteiger partial charge in [-0.05, 0) is 36.3 Å². The number of benzene rings is 1. The van der Waals surface area contributed by atoms with E-state index in [-0.39, 0.29) is 6.04 Å². The summed E-state index contributed by atoms with van der Waals surface area (Å²) in [5, 5.41) is 0. The first-order valence-corrected chi connectivity index (χ1v) is 7.68. The van der Waals surface area contributed by atoms with Crippen LogP contribution >= 0.6 is 0 Å². The second-order valence-corrected chi connectivity index (χ2v) is 6.28. The number of nitrogens with two attached hydrogens (primary N) is 1. The van der Waals surface area contributed by atoms with Gasteiger partial charge in [0.1, 0.15) is 0 Å². The largest absolute Gasteiger partial charge is 0.323 e. The molecule has 0 radical (unpaired) electrons. The summed E-state index contributed by atoms with van der Waals surface area (Å²) in [6.07, 6.45) is 3.81. The van der Waals surface area contributed by atoms with E-state index in [1.807, 2.05) is 0 Å². The van der Waals surface area contributed by atoms with Crippen LogP contribution in [0.25, 0.3) is 0 Å². The average molecular weight is 260 g/mol. The molecule has 2 rings (SSSR count). The molecule has 0 saturated heterocycles. The molecule has 1 fully saturated rings. The molecule has 0 amide bonds. The van der Waals surface area contributed by atoms with E-state index in [2.05, 4.69) is 49.9 Å². The number of nitrogens with zero attached hydrogens (tertiary/aromatic N) is 1. The summed E-state index contributed by atoms with van der Waals surface area (Å²) in [6.45, 7) is 8.93. The van der Waals surface area contributed by atoms with Gasteiger partial charge in [0.25, 0.3) is 0 Å². The predicted molar refractivity (Wildman–Crippen MR) is 82.2 cm³/mol. The minimum atomic E-state index is 0.144. The molecule has 19 heavy (non-hydrogen) atoms. The van der Waals surface area contributed by atoms with Crippen LogP contribution in [0, 0.1) is 5.92 Å². The Morgan fingerprint density at radius 2 is 1.79 bits per heavy atom. The van der Waals surface area contributed by atoms with Gasteiger partial charge in [-0.25, -0.2) is 0 Å². The monoisotopic (exact) mass is 260 g/mol. The van der Waals surface area contributed by atoms with Crippen LogP contribution in [-0.2, 0) is 6.42 Å². The molecule has 1 saturated carbocycles. The van der Waals surface area contributed by atoms with E-state index in [9.17, 15) is 0 Å². The van der Waals surface area contributed by atoms with Crippen molar-refractivity contribution in [1.29, 1.82) is 0 Å². The van der Waals surface area contributed by atoms with Crippen molar-refractivity contribution >= 4 is 0 Å². The van der Waals surface area contributed by atoms with Crippen LogP contribution in [0.3, 0.4) is 0 Å². The van der Waals surface area contributed by atoms with E-state index in [0.29, 0.717) is 0 Å². The fourth-order valence-electron chi connectivity index (χ4n) is 2.64. The molecular formula is C17H28N2. The summed E-state index contributed by atoms with van der Waals surface area (Å²) in [5.41, 5.74) is 9.04. The van der Waals surface area contributed by atoms with Crippen LogP contribution in [0.2, 0.25) is 0 Å². The first-order valence-electron chi connectivity index (χ1n) is 7.68. The molecule has 1 aliphatic rings. The lowest BCUT2D eigenvalue weighted by molar-refractivity contribution is 0.221. The number of rotatable bonds is 7. The van der Waals surface area contributed by atoms with Gasteiger partial charge in [0.15, 0.2) is 0 Å². The summed E-state index contributed by atoms with van der Waals surface area (Å²) in [6, 6.07) is 9.75. The van der Waals surface area contributed by atoms with Crippen molar-refractivity contribution in [3.8, 4) is 0 Å². The van der Waals surface area contributed by atoms with Crippen molar-refractivity contribution < 1.29 is 0 Å². The van der Waals surface area contributed by atoms with Gasteiger partial charge in [0.2, 0.25) is 0 Å². The SMILES string of the molecule is CCc1ccc(C(N)CN(CC(C)C)C2CC2)cc1. The minimum absolute atomic E-state index is 0.144. The Morgan fingerprint density at radius 3 is 2.26 bits per heavy atom.